The minimum Gasteiger partial charge on any atom is -0.374 e. The maximum Gasteiger partial charge on any atom is 0.516 e. The maximum atomic E-state index is 13.0. The van der Waals surface area contributed by atoms with Crippen LogP contribution < -0.4 is 9.62 Å². The molecule has 0 spiro atoms. The average molecular weight is 491 g/mol. The van der Waals surface area contributed by atoms with Gasteiger partial charge in [0.1, 0.15) is 11.4 Å². The molecule has 0 bridgehead atoms. The Morgan fingerprint density at radius 2 is 1.91 bits per heavy atom. The Kier molecular flexibility index (Phi) is 6.21. The number of anilines is 2. The highest BCUT2D eigenvalue weighted by molar-refractivity contribution is 7.93. The zero-order chi connectivity index (χ0) is 24.5. The Morgan fingerprint density at radius 1 is 1.12 bits per heavy atom. The Hall–Kier alpha value is -3.61. The topological polar surface area (TPSA) is 113 Å². The molecule has 1 aliphatic heterocycles. The highest BCUT2D eigenvalue weighted by Crippen LogP contribution is 2.39. The molecule has 178 valence electrons. The maximum absolute atomic E-state index is 13.0. The Morgan fingerprint density at radius 3 is 2.62 bits per heavy atom. The van der Waals surface area contributed by atoms with Crippen molar-refractivity contribution >= 4 is 32.9 Å². The number of nitrogens with one attached hydrogen (secondary N) is 1. The van der Waals surface area contributed by atoms with Gasteiger partial charge in [-0.1, -0.05) is 6.07 Å². The van der Waals surface area contributed by atoms with Crippen molar-refractivity contribution in [2.75, 3.05) is 23.2 Å². The molecule has 34 heavy (non-hydrogen) atoms. The standard InChI is InChI=1S/C21H20F3N7O2S/c1-13-10-19(27-20(26-13)15-7-3-4-8-25-15)29-28-16-11-14-6-5-9-31(2)18(14)12-17(16)30-34(32,33)21(22,23)24/h3-4,7-8,10-12,30H,5-6,9H2,1-2H3. The Balaban J connectivity index is 1.76. The van der Waals surface area contributed by atoms with Gasteiger partial charge in [-0.15, -0.1) is 10.2 Å². The first-order valence-electron chi connectivity index (χ1n) is 10.2. The fourth-order valence-corrected chi connectivity index (χ4v) is 4.06. The van der Waals surface area contributed by atoms with Crippen molar-refractivity contribution in [2.24, 2.45) is 10.2 Å². The number of hydrogen-bond donors (Lipinski definition) is 1. The van der Waals surface area contributed by atoms with Crippen LogP contribution in [-0.4, -0.2) is 42.5 Å². The summed E-state index contributed by atoms with van der Waals surface area (Å²) in [6, 6.07) is 9.67. The molecule has 0 unspecified atom stereocenters. The lowest BCUT2D eigenvalue weighted by molar-refractivity contribution is -0.0429. The van der Waals surface area contributed by atoms with E-state index in [4.69, 9.17) is 0 Å². The zero-order valence-electron chi connectivity index (χ0n) is 18.2. The first-order valence-corrected chi connectivity index (χ1v) is 11.7. The summed E-state index contributed by atoms with van der Waals surface area (Å²) in [5, 5.41) is 8.11. The second-order valence-electron chi connectivity index (χ2n) is 7.68. The van der Waals surface area contributed by atoms with Gasteiger partial charge in [-0.3, -0.25) is 9.71 Å². The van der Waals surface area contributed by atoms with Crippen LogP contribution in [0, 0.1) is 6.92 Å². The highest BCUT2D eigenvalue weighted by Gasteiger charge is 2.46. The molecule has 0 amide bonds. The molecule has 0 aliphatic carbocycles. The summed E-state index contributed by atoms with van der Waals surface area (Å²) in [4.78, 5) is 14.7. The van der Waals surface area contributed by atoms with Crippen molar-refractivity contribution in [3.63, 3.8) is 0 Å². The van der Waals surface area contributed by atoms with E-state index in [-0.39, 0.29) is 17.2 Å². The van der Waals surface area contributed by atoms with Crippen LogP contribution in [0.15, 0.2) is 52.8 Å². The van der Waals surface area contributed by atoms with Crippen LogP contribution in [0.2, 0.25) is 0 Å². The van der Waals surface area contributed by atoms with Gasteiger partial charge in [0.25, 0.3) is 0 Å². The van der Waals surface area contributed by atoms with Gasteiger partial charge in [-0.2, -0.15) is 21.6 Å². The van der Waals surface area contributed by atoms with E-state index in [0.29, 0.717) is 35.9 Å². The van der Waals surface area contributed by atoms with Crippen molar-refractivity contribution in [1.82, 2.24) is 15.0 Å². The third kappa shape index (κ3) is 4.98. The van der Waals surface area contributed by atoms with E-state index in [1.807, 2.05) is 4.90 Å². The summed E-state index contributed by atoms with van der Waals surface area (Å²) in [6.07, 6.45) is 3.10. The third-order valence-electron chi connectivity index (χ3n) is 5.09. The first-order chi connectivity index (χ1) is 16.0. The van der Waals surface area contributed by atoms with Gasteiger partial charge in [0.05, 0.1) is 5.69 Å². The molecule has 13 heteroatoms. The lowest BCUT2D eigenvalue weighted by atomic mass is 10.0. The monoisotopic (exact) mass is 491 g/mol. The molecule has 4 rings (SSSR count). The molecule has 0 saturated carbocycles. The molecule has 2 aromatic heterocycles. The van der Waals surface area contributed by atoms with Crippen molar-refractivity contribution in [2.45, 2.75) is 25.3 Å². The van der Waals surface area contributed by atoms with Crippen molar-refractivity contribution in [3.05, 3.63) is 53.9 Å². The summed E-state index contributed by atoms with van der Waals surface area (Å²) in [5.41, 5.74) is -3.33. The van der Waals surface area contributed by atoms with Crippen LogP contribution in [0.5, 0.6) is 0 Å². The van der Waals surface area contributed by atoms with Crippen LogP contribution >= 0.6 is 0 Å². The van der Waals surface area contributed by atoms with Crippen LogP contribution in [0.3, 0.4) is 0 Å². The predicted molar refractivity (Wildman–Crippen MR) is 121 cm³/mol. The molecule has 0 fully saturated rings. The van der Waals surface area contributed by atoms with Gasteiger partial charge < -0.3 is 4.90 Å². The van der Waals surface area contributed by atoms with Gasteiger partial charge in [0.15, 0.2) is 11.6 Å². The highest BCUT2D eigenvalue weighted by atomic mass is 32.2. The molecule has 0 atom stereocenters. The number of benzene rings is 1. The summed E-state index contributed by atoms with van der Waals surface area (Å²) >= 11 is 0. The minimum atomic E-state index is -5.65. The van der Waals surface area contributed by atoms with Gasteiger partial charge in [-0.05, 0) is 49.6 Å². The van der Waals surface area contributed by atoms with E-state index in [1.165, 1.54) is 12.1 Å². The van der Waals surface area contributed by atoms with Crippen LogP contribution in [0.1, 0.15) is 17.7 Å². The van der Waals surface area contributed by atoms with Gasteiger partial charge >= 0.3 is 15.5 Å². The number of fused-ring (bicyclic) bond motifs is 1. The van der Waals surface area contributed by atoms with Crippen LogP contribution in [0.4, 0.5) is 36.1 Å². The lowest BCUT2D eigenvalue weighted by Crippen LogP contribution is -2.30. The average Bonchev–Trinajstić information content (AvgIpc) is 2.77. The number of halogens is 3. The SMILES string of the molecule is Cc1cc(N=Nc2cc3c(cc2NS(=O)(=O)C(F)(F)F)N(C)CCC3)nc(-c2ccccn2)n1. The number of pyridine rings is 1. The van der Waals surface area contributed by atoms with Gasteiger partial charge in [0, 0.05) is 37.2 Å². The summed E-state index contributed by atoms with van der Waals surface area (Å²) in [7, 11) is -3.87. The van der Waals surface area contributed by atoms with Crippen LogP contribution in [-0.2, 0) is 16.4 Å². The van der Waals surface area contributed by atoms with E-state index < -0.39 is 15.5 Å². The lowest BCUT2D eigenvalue weighted by Gasteiger charge is -2.28. The number of azo groups is 1. The van der Waals surface area contributed by atoms with E-state index in [0.717, 1.165) is 12.0 Å². The van der Waals surface area contributed by atoms with Gasteiger partial charge in [0.2, 0.25) is 0 Å². The van der Waals surface area contributed by atoms with Crippen LogP contribution in [0.25, 0.3) is 11.5 Å². The molecule has 1 N–H and O–H groups in total. The number of nitrogens with zero attached hydrogens (tertiary/aromatic N) is 6. The molecule has 1 aliphatic rings. The summed E-state index contributed by atoms with van der Waals surface area (Å²) in [5.74, 6) is 0.451. The number of rotatable bonds is 5. The Bertz CT molecular complexity index is 1350. The van der Waals surface area contributed by atoms with Gasteiger partial charge in [-0.25, -0.2) is 9.97 Å². The molecule has 3 aromatic rings. The van der Waals surface area contributed by atoms with Crippen molar-refractivity contribution < 1.29 is 21.6 Å². The number of sulfonamides is 1. The second-order valence-corrected chi connectivity index (χ2v) is 9.35. The fourth-order valence-electron chi connectivity index (χ4n) is 3.49. The van der Waals surface area contributed by atoms with Crippen molar-refractivity contribution in [3.8, 4) is 11.5 Å². The quantitative estimate of drug-likeness (QED) is 0.508. The number of alkyl halides is 3. The third-order valence-corrected chi connectivity index (χ3v) is 6.19. The molecular weight excluding hydrogens is 471 g/mol. The largest absolute Gasteiger partial charge is 0.516 e. The number of aromatic nitrogens is 3. The normalized spacial score (nSPS) is 14.3. The summed E-state index contributed by atoms with van der Waals surface area (Å²) in [6.45, 7) is 2.42. The molecule has 1 aromatic carbocycles. The van der Waals surface area contributed by atoms with E-state index in [1.54, 1.807) is 49.2 Å². The van der Waals surface area contributed by atoms with E-state index in [9.17, 15) is 21.6 Å². The summed E-state index contributed by atoms with van der Waals surface area (Å²) < 4.78 is 64.3. The predicted octanol–water partition coefficient (Wildman–Crippen LogP) is 4.91. The molecule has 3 heterocycles. The van der Waals surface area contributed by atoms with Crippen molar-refractivity contribution in [1.29, 1.82) is 0 Å². The van der Waals surface area contributed by atoms with E-state index in [2.05, 4.69) is 25.2 Å². The first kappa shape index (κ1) is 23.5. The second kappa shape index (κ2) is 8.97. The number of hydrogen-bond acceptors (Lipinski definition) is 8. The van der Waals surface area contributed by atoms with E-state index >= 15 is 0 Å². The Labute approximate surface area is 193 Å². The minimum absolute atomic E-state index is 0.0578. The fraction of sp³-hybridized carbons (Fsp3) is 0.286. The molecule has 0 radical (unpaired) electrons. The smallest absolute Gasteiger partial charge is 0.374 e. The molecular formula is C21H20F3N7O2S. The molecule has 9 nitrogen and oxygen atoms in total. The molecule has 0 saturated heterocycles. The zero-order valence-corrected chi connectivity index (χ0v) is 19.0. The number of aryl methyl sites for hydroxylation is 2.